The highest BCUT2D eigenvalue weighted by Gasteiger charge is 2.23. The van der Waals surface area contributed by atoms with E-state index in [1.807, 2.05) is 18.2 Å². The van der Waals surface area contributed by atoms with E-state index in [0.29, 0.717) is 67.1 Å². The fourth-order valence-electron chi connectivity index (χ4n) is 5.07. The van der Waals surface area contributed by atoms with Crippen molar-refractivity contribution in [3.8, 4) is 33.4 Å². The molecule has 0 unspecified atom stereocenters. The first-order valence-electron chi connectivity index (χ1n) is 11.9. The second-order valence-electron chi connectivity index (χ2n) is 9.76. The lowest BCUT2D eigenvalue weighted by molar-refractivity contribution is 1.43. The molecule has 24 N–H and O–H groups in total. The molecule has 0 spiro atoms. The zero-order valence-electron chi connectivity index (χ0n) is 22.2. The lowest BCUT2D eigenvalue weighted by Gasteiger charge is -2.23. The standard InChI is InChI=1S/C27H36N12/c1-7-13(19(31)25(37)22(34)16(7)28)10-4-11(14-8(2)17(29)23(35)26(38)20(14)32)6-12(5-10)15-9(3)18(30)24(36)27(39)21(15)33/h4-6H,28-39H2,1-3H3. The Bertz CT molecular complexity index is 1410. The van der Waals surface area contributed by atoms with Gasteiger partial charge in [0.1, 0.15) is 0 Å². The molecule has 12 nitrogen and oxygen atoms in total. The number of nitrogens with two attached hydrogens (primary N) is 12. The van der Waals surface area contributed by atoms with Crippen molar-refractivity contribution in [1.29, 1.82) is 0 Å². The highest BCUT2D eigenvalue weighted by atomic mass is 14.8. The quantitative estimate of drug-likeness (QED) is 0.171. The zero-order valence-corrected chi connectivity index (χ0v) is 22.2. The molecule has 0 aliphatic carbocycles. The van der Waals surface area contributed by atoms with Crippen LogP contribution < -0.4 is 68.8 Å². The Balaban J connectivity index is 2.22. The molecule has 0 amide bonds. The van der Waals surface area contributed by atoms with Gasteiger partial charge in [0.2, 0.25) is 0 Å². The summed E-state index contributed by atoms with van der Waals surface area (Å²) in [6, 6.07) is 5.63. The van der Waals surface area contributed by atoms with Gasteiger partial charge < -0.3 is 68.8 Å². The van der Waals surface area contributed by atoms with Crippen LogP contribution in [0.25, 0.3) is 33.4 Å². The summed E-state index contributed by atoms with van der Waals surface area (Å²) < 4.78 is 0. The van der Waals surface area contributed by atoms with Crippen LogP contribution in [0.5, 0.6) is 0 Å². The maximum Gasteiger partial charge on any atom is 0.0809 e. The van der Waals surface area contributed by atoms with Crippen LogP contribution in [0.4, 0.5) is 68.2 Å². The van der Waals surface area contributed by atoms with Gasteiger partial charge in [-0.05, 0) is 72.4 Å². The summed E-state index contributed by atoms with van der Waals surface area (Å²) in [5.74, 6) is 0. The van der Waals surface area contributed by atoms with Gasteiger partial charge in [0.05, 0.1) is 68.2 Å². The Morgan fingerprint density at radius 2 is 0.462 bits per heavy atom. The molecule has 12 heteroatoms. The molecule has 0 atom stereocenters. The lowest BCUT2D eigenvalue weighted by Crippen LogP contribution is -2.10. The molecule has 0 saturated heterocycles. The van der Waals surface area contributed by atoms with Crippen LogP contribution in [0.15, 0.2) is 18.2 Å². The molecule has 0 aromatic heterocycles. The Labute approximate surface area is 226 Å². The predicted octanol–water partition coefficient (Wildman–Crippen LogP) is 2.60. The normalized spacial score (nSPS) is 11.2. The fraction of sp³-hybridized carbons (Fsp3) is 0.111. The first-order valence-corrected chi connectivity index (χ1v) is 11.9. The van der Waals surface area contributed by atoms with Crippen LogP contribution >= 0.6 is 0 Å². The van der Waals surface area contributed by atoms with Gasteiger partial charge >= 0.3 is 0 Å². The van der Waals surface area contributed by atoms with E-state index in [9.17, 15) is 0 Å². The zero-order chi connectivity index (χ0) is 29.2. The molecule has 0 aliphatic heterocycles. The van der Waals surface area contributed by atoms with Gasteiger partial charge in [-0.15, -0.1) is 0 Å². The monoisotopic (exact) mass is 528 g/mol. The lowest BCUT2D eigenvalue weighted by atomic mass is 9.86. The molecular weight excluding hydrogens is 492 g/mol. The number of anilines is 12. The molecule has 4 rings (SSSR count). The van der Waals surface area contributed by atoms with Crippen molar-refractivity contribution in [3.63, 3.8) is 0 Å². The van der Waals surface area contributed by atoms with E-state index in [0.717, 1.165) is 0 Å². The molecule has 4 aromatic rings. The summed E-state index contributed by atoms with van der Waals surface area (Å²) in [5, 5.41) is 0. The van der Waals surface area contributed by atoms with Gasteiger partial charge in [-0.1, -0.05) is 0 Å². The maximum atomic E-state index is 6.50. The number of hydrogen-bond acceptors (Lipinski definition) is 12. The Morgan fingerprint density at radius 3 is 0.667 bits per heavy atom. The van der Waals surface area contributed by atoms with Crippen molar-refractivity contribution < 1.29 is 0 Å². The average Bonchev–Trinajstić information content (AvgIpc) is 2.91. The van der Waals surface area contributed by atoms with Crippen molar-refractivity contribution in [3.05, 3.63) is 34.9 Å². The van der Waals surface area contributed by atoms with Crippen molar-refractivity contribution in [2.24, 2.45) is 0 Å². The van der Waals surface area contributed by atoms with Crippen molar-refractivity contribution in [2.75, 3.05) is 68.8 Å². The van der Waals surface area contributed by atoms with Gasteiger partial charge in [-0.2, -0.15) is 0 Å². The highest BCUT2D eigenvalue weighted by Crippen LogP contribution is 2.49. The first kappa shape index (κ1) is 26.5. The average molecular weight is 529 g/mol. The third kappa shape index (κ3) is 3.69. The Morgan fingerprint density at radius 1 is 0.282 bits per heavy atom. The van der Waals surface area contributed by atoms with Gasteiger partial charge in [0.25, 0.3) is 0 Å². The van der Waals surface area contributed by atoms with E-state index in [-0.39, 0.29) is 51.2 Å². The molecule has 4 aromatic carbocycles. The van der Waals surface area contributed by atoms with Crippen molar-refractivity contribution in [1.82, 2.24) is 0 Å². The number of rotatable bonds is 3. The van der Waals surface area contributed by atoms with Crippen LogP contribution in [0, 0.1) is 20.8 Å². The van der Waals surface area contributed by atoms with Gasteiger partial charge in [0.15, 0.2) is 0 Å². The number of hydrogen-bond donors (Lipinski definition) is 12. The minimum Gasteiger partial charge on any atom is -0.397 e. The molecule has 204 valence electrons. The molecule has 39 heavy (non-hydrogen) atoms. The van der Waals surface area contributed by atoms with E-state index in [4.69, 9.17) is 68.8 Å². The number of nitrogen functional groups attached to an aromatic ring is 12. The second kappa shape index (κ2) is 8.80. The van der Waals surface area contributed by atoms with Crippen LogP contribution in [0.3, 0.4) is 0 Å². The molecule has 0 saturated carbocycles. The largest absolute Gasteiger partial charge is 0.397 e. The fourth-order valence-corrected chi connectivity index (χ4v) is 5.07. The van der Waals surface area contributed by atoms with Gasteiger partial charge in [0, 0.05) is 16.7 Å². The van der Waals surface area contributed by atoms with Crippen LogP contribution in [0.2, 0.25) is 0 Å². The van der Waals surface area contributed by atoms with Crippen LogP contribution in [0.1, 0.15) is 16.7 Å². The maximum absolute atomic E-state index is 6.50. The van der Waals surface area contributed by atoms with Gasteiger partial charge in [-0.3, -0.25) is 0 Å². The summed E-state index contributed by atoms with van der Waals surface area (Å²) in [6.07, 6.45) is 0. The smallest absolute Gasteiger partial charge is 0.0809 e. The first-order chi connectivity index (χ1) is 18.1. The van der Waals surface area contributed by atoms with E-state index >= 15 is 0 Å². The third-order valence-corrected chi connectivity index (χ3v) is 7.56. The summed E-state index contributed by atoms with van der Waals surface area (Å²) in [5.41, 5.74) is 84.0. The summed E-state index contributed by atoms with van der Waals surface area (Å²) >= 11 is 0. The third-order valence-electron chi connectivity index (χ3n) is 7.56. The SMILES string of the molecule is Cc1c(N)c(N)c(N)c(N)c1-c1cc(-c2c(C)c(N)c(N)c(N)c2N)cc(-c2c(C)c(N)c(N)c(N)c2N)c1. The Kier molecular flexibility index (Phi) is 5.99. The minimum atomic E-state index is 0.174. The van der Waals surface area contributed by atoms with Gasteiger partial charge in [-0.25, -0.2) is 0 Å². The van der Waals surface area contributed by atoms with E-state index < -0.39 is 0 Å². The molecule has 0 heterocycles. The van der Waals surface area contributed by atoms with E-state index in [1.165, 1.54) is 0 Å². The Hall–Kier alpha value is -5.52. The summed E-state index contributed by atoms with van der Waals surface area (Å²) in [7, 11) is 0. The molecule has 0 fully saturated rings. The minimum absolute atomic E-state index is 0.174. The highest BCUT2D eigenvalue weighted by molar-refractivity contribution is 6.05. The van der Waals surface area contributed by atoms with E-state index in [2.05, 4.69) is 0 Å². The number of benzene rings is 4. The summed E-state index contributed by atoms with van der Waals surface area (Å²) in [6.45, 7) is 5.42. The molecule has 0 aliphatic rings. The molecule has 0 radical (unpaired) electrons. The topological polar surface area (TPSA) is 312 Å². The van der Waals surface area contributed by atoms with Crippen LogP contribution in [-0.2, 0) is 0 Å². The molecule has 0 bridgehead atoms. The summed E-state index contributed by atoms with van der Waals surface area (Å²) in [4.78, 5) is 0. The predicted molar refractivity (Wildman–Crippen MR) is 170 cm³/mol. The van der Waals surface area contributed by atoms with Crippen molar-refractivity contribution >= 4 is 68.2 Å². The van der Waals surface area contributed by atoms with E-state index in [1.54, 1.807) is 20.8 Å². The molecular formula is C27H36N12. The second-order valence-corrected chi connectivity index (χ2v) is 9.76. The van der Waals surface area contributed by atoms with Crippen molar-refractivity contribution in [2.45, 2.75) is 20.8 Å². The van der Waals surface area contributed by atoms with Crippen LogP contribution in [-0.4, -0.2) is 0 Å².